The summed E-state index contributed by atoms with van der Waals surface area (Å²) in [5, 5.41) is 11.3. The Labute approximate surface area is 190 Å². The van der Waals surface area contributed by atoms with Crippen molar-refractivity contribution in [3.8, 4) is 0 Å². The number of aromatic nitrogens is 3. The first kappa shape index (κ1) is 22.5. The zero-order valence-electron chi connectivity index (χ0n) is 18.4. The summed E-state index contributed by atoms with van der Waals surface area (Å²) in [5.41, 5.74) is 9.47. The zero-order chi connectivity index (χ0) is 23.8. The summed E-state index contributed by atoms with van der Waals surface area (Å²) in [6, 6.07) is 8.22. The van der Waals surface area contributed by atoms with Crippen LogP contribution in [0.25, 0.3) is 11.0 Å². The lowest BCUT2D eigenvalue weighted by atomic mass is 10.1. The first-order chi connectivity index (χ1) is 15.7. The molecule has 0 spiro atoms. The molecule has 0 aliphatic carbocycles. The predicted molar refractivity (Wildman–Crippen MR) is 123 cm³/mol. The third kappa shape index (κ3) is 4.45. The molecule has 1 amide bonds. The fourth-order valence-electron chi connectivity index (χ4n) is 3.65. The molecule has 0 radical (unpaired) electrons. The topological polar surface area (TPSA) is 145 Å². The van der Waals surface area contributed by atoms with Crippen LogP contribution in [-0.4, -0.2) is 36.3 Å². The summed E-state index contributed by atoms with van der Waals surface area (Å²) in [6.07, 6.45) is 3.59. The van der Waals surface area contributed by atoms with Crippen LogP contribution in [-0.2, 0) is 23.1 Å². The maximum atomic E-state index is 13.1. The van der Waals surface area contributed by atoms with Crippen LogP contribution in [0.15, 0.2) is 52.1 Å². The van der Waals surface area contributed by atoms with Gasteiger partial charge in [-0.3, -0.25) is 14.2 Å². The third-order valence-corrected chi connectivity index (χ3v) is 6.78. The predicted octanol–water partition coefficient (Wildman–Crippen LogP) is 2.31. The summed E-state index contributed by atoms with van der Waals surface area (Å²) in [4.78, 5) is 11.9. The number of anilines is 1. The molecular weight excluding hydrogens is 444 g/mol. The highest BCUT2D eigenvalue weighted by atomic mass is 32.2. The second kappa shape index (κ2) is 8.68. The van der Waals surface area contributed by atoms with E-state index < -0.39 is 10.0 Å². The molecule has 0 fully saturated rings. The molecule has 0 bridgehead atoms. The van der Waals surface area contributed by atoms with E-state index in [1.807, 2.05) is 19.2 Å². The van der Waals surface area contributed by atoms with Gasteiger partial charge in [0.05, 0.1) is 23.0 Å². The van der Waals surface area contributed by atoms with E-state index in [0.29, 0.717) is 29.6 Å². The molecule has 33 heavy (non-hydrogen) atoms. The molecule has 2 aromatic carbocycles. The lowest BCUT2D eigenvalue weighted by Crippen LogP contribution is -2.20. The van der Waals surface area contributed by atoms with E-state index in [0.717, 1.165) is 16.7 Å². The molecule has 172 valence electrons. The van der Waals surface area contributed by atoms with Crippen molar-refractivity contribution in [1.82, 2.24) is 20.3 Å². The monoisotopic (exact) mass is 468 g/mol. The van der Waals surface area contributed by atoms with Gasteiger partial charge in [-0.1, -0.05) is 17.3 Å². The average Bonchev–Trinajstić information content (AvgIpc) is 3.40. The van der Waals surface area contributed by atoms with Crippen molar-refractivity contribution in [2.75, 3.05) is 11.8 Å². The summed E-state index contributed by atoms with van der Waals surface area (Å²) >= 11 is 0. The van der Waals surface area contributed by atoms with Gasteiger partial charge in [-0.15, -0.1) is 0 Å². The Morgan fingerprint density at radius 3 is 2.64 bits per heavy atom. The summed E-state index contributed by atoms with van der Waals surface area (Å²) in [5.74, 6) is -0.291. The van der Waals surface area contributed by atoms with Crippen molar-refractivity contribution < 1.29 is 17.7 Å². The number of amides is 1. The molecular formula is C22H24N6O4S. The highest BCUT2D eigenvalue weighted by Crippen LogP contribution is 2.30. The maximum Gasteiger partial charge on any atom is 0.263 e. The van der Waals surface area contributed by atoms with Gasteiger partial charge in [-0.2, -0.15) is 5.10 Å². The largest absolute Gasteiger partial charge is 0.355 e. The van der Waals surface area contributed by atoms with Crippen LogP contribution in [0, 0.1) is 13.8 Å². The van der Waals surface area contributed by atoms with Crippen molar-refractivity contribution in [2.24, 2.45) is 5.73 Å². The van der Waals surface area contributed by atoms with Crippen LogP contribution in [0.5, 0.6) is 0 Å². The molecule has 2 heterocycles. The highest BCUT2D eigenvalue weighted by molar-refractivity contribution is 7.92. The van der Waals surface area contributed by atoms with Gasteiger partial charge in [0.25, 0.3) is 15.9 Å². The quantitative estimate of drug-likeness (QED) is 0.377. The Kier molecular flexibility index (Phi) is 5.91. The van der Waals surface area contributed by atoms with E-state index in [2.05, 4.69) is 20.3 Å². The van der Waals surface area contributed by atoms with Crippen molar-refractivity contribution in [1.29, 1.82) is 0 Å². The number of carbonyl (C=O) groups is 1. The van der Waals surface area contributed by atoms with Crippen molar-refractivity contribution in [3.63, 3.8) is 0 Å². The van der Waals surface area contributed by atoms with E-state index in [9.17, 15) is 13.2 Å². The van der Waals surface area contributed by atoms with Crippen LogP contribution in [0.2, 0.25) is 0 Å². The minimum Gasteiger partial charge on any atom is -0.355 e. The molecule has 2 aromatic heterocycles. The minimum atomic E-state index is -4.02. The van der Waals surface area contributed by atoms with Gasteiger partial charge in [0.15, 0.2) is 11.4 Å². The fourth-order valence-corrected chi connectivity index (χ4v) is 4.92. The Hall–Kier alpha value is -3.70. The van der Waals surface area contributed by atoms with E-state index in [1.54, 1.807) is 36.0 Å². The molecule has 0 saturated carbocycles. The molecule has 10 nitrogen and oxygen atoms in total. The van der Waals surface area contributed by atoms with Gasteiger partial charge in [0.2, 0.25) is 0 Å². The fraction of sp³-hybridized carbons (Fsp3) is 0.227. The Morgan fingerprint density at radius 2 is 1.94 bits per heavy atom. The van der Waals surface area contributed by atoms with E-state index in [-0.39, 0.29) is 22.2 Å². The van der Waals surface area contributed by atoms with Gasteiger partial charge < -0.3 is 15.6 Å². The van der Waals surface area contributed by atoms with Gasteiger partial charge >= 0.3 is 0 Å². The number of nitrogens with one attached hydrogen (secondary N) is 2. The average molecular weight is 469 g/mol. The maximum absolute atomic E-state index is 13.1. The molecule has 4 aromatic rings. The van der Waals surface area contributed by atoms with E-state index >= 15 is 0 Å². The molecule has 0 unspecified atom stereocenters. The standard InChI is InChI=1S/C22H24N6O4S/c1-13-4-5-17(22(29)24-3)8-19(13)33(30,31)27-21-20-14(2)6-15(7-18(20)32-26-21)11-28-12-16(9-23)10-25-28/h4-8,10,12H,9,11,23H2,1-3H3,(H,24,29)(H,26,27). The van der Waals surface area contributed by atoms with Gasteiger partial charge in [0.1, 0.15) is 0 Å². The zero-order valence-corrected chi connectivity index (χ0v) is 19.2. The first-order valence-electron chi connectivity index (χ1n) is 10.2. The van der Waals surface area contributed by atoms with Gasteiger partial charge in [-0.25, -0.2) is 8.42 Å². The van der Waals surface area contributed by atoms with Crippen LogP contribution in [0.3, 0.4) is 0 Å². The number of rotatable bonds is 7. The molecule has 0 aliphatic rings. The minimum absolute atomic E-state index is 0.0107. The number of aryl methyl sites for hydroxylation is 2. The van der Waals surface area contributed by atoms with Gasteiger partial charge in [-0.05, 0) is 48.7 Å². The van der Waals surface area contributed by atoms with Crippen molar-refractivity contribution in [2.45, 2.75) is 31.8 Å². The Morgan fingerprint density at radius 1 is 1.15 bits per heavy atom. The number of nitrogens with zero attached hydrogens (tertiary/aromatic N) is 3. The molecule has 0 atom stereocenters. The van der Waals surface area contributed by atoms with Crippen molar-refractivity contribution >= 4 is 32.7 Å². The number of benzene rings is 2. The van der Waals surface area contributed by atoms with Crippen LogP contribution in [0.1, 0.15) is 32.6 Å². The second-order valence-electron chi connectivity index (χ2n) is 7.73. The summed E-state index contributed by atoms with van der Waals surface area (Å²) in [6.45, 7) is 4.43. The number of hydrogen-bond acceptors (Lipinski definition) is 7. The Balaban J connectivity index is 1.66. The van der Waals surface area contributed by atoms with Crippen molar-refractivity contribution in [3.05, 3.63) is 70.5 Å². The number of carbonyl (C=O) groups excluding carboxylic acids is 1. The van der Waals surface area contributed by atoms with E-state index in [1.165, 1.54) is 13.1 Å². The SMILES string of the molecule is CNC(=O)c1ccc(C)c(S(=O)(=O)Nc2noc3cc(Cn4cc(CN)cn4)cc(C)c23)c1. The van der Waals surface area contributed by atoms with Crippen LogP contribution < -0.4 is 15.8 Å². The molecule has 11 heteroatoms. The lowest BCUT2D eigenvalue weighted by Gasteiger charge is -2.11. The highest BCUT2D eigenvalue weighted by Gasteiger charge is 2.23. The number of sulfonamides is 1. The number of nitrogens with two attached hydrogens (primary N) is 1. The number of fused-ring (bicyclic) bond motifs is 1. The van der Waals surface area contributed by atoms with Crippen LogP contribution in [0.4, 0.5) is 5.82 Å². The molecule has 4 rings (SSSR count). The summed E-state index contributed by atoms with van der Waals surface area (Å²) in [7, 11) is -2.54. The molecule has 4 N–H and O–H groups in total. The smallest absolute Gasteiger partial charge is 0.263 e. The van der Waals surface area contributed by atoms with Crippen LogP contribution >= 0.6 is 0 Å². The molecule has 0 aliphatic heterocycles. The second-order valence-corrected chi connectivity index (χ2v) is 9.38. The number of hydrogen-bond donors (Lipinski definition) is 3. The summed E-state index contributed by atoms with van der Waals surface area (Å²) < 4.78 is 36.0. The normalized spacial score (nSPS) is 11.6. The third-order valence-electron chi connectivity index (χ3n) is 5.30. The molecule has 0 saturated heterocycles. The van der Waals surface area contributed by atoms with Gasteiger partial charge in [0, 0.05) is 30.9 Å². The van der Waals surface area contributed by atoms with E-state index in [4.69, 9.17) is 10.3 Å². The first-order valence-corrected chi connectivity index (χ1v) is 11.7. The lowest BCUT2D eigenvalue weighted by molar-refractivity contribution is 0.0963. The Bertz CT molecular complexity index is 1460.